The fraction of sp³-hybridized carbons (Fsp3) is 0.882. The van der Waals surface area contributed by atoms with Gasteiger partial charge in [-0.15, -0.1) is 0 Å². The first-order chi connectivity index (χ1) is 18.0. The minimum Gasteiger partial charge on any atom is -0.461 e. The van der Waals surface area contributed by atoms with Crippen molar-refractivity contribution >= 4 is 11.9 Å². The molecular formula is C34H48O4. The summed E-state index contributed by atoms with van der Waals surface area (Å²) in [6.07, 6.45) is 12.4. The van der Waals surface area contributed by atoms with E-state index in [4.69, 9.17) is 9.47 Å². The third-order valence-electron chi connectivity index (χ3n) is 13.8. The Bertz CT molecular complexity index is 1080. The zero-order chi connectivity index (χ0) is 26.4. The Hall–Kier alpha value is -1.32. The van der Waals surface area contributed by atoms with Gasteiger partial charge in [0.2, 0.25) is 0 Å². The SMILES string of the molecule is C=C1CC1(CC(C)(C)C)C(=O)OC1CC2CC1C1C3CC(CC3C(=O)OC3(CC)C4CC5CC(C4)C3C5)C21. The van der Waals surface area contributed by atoms with Crippen LogP contribution >= 0.6 is 0 Å². The van der Waals surface area contributed by atoms with Crippen LogP contribution in [0.2, 0.25) is 0 Å². The molecule has 0 aromatic rings. The Morgan fingerprint density at radius 1 is 0.921 bits per heavy atom. The van der Waals surface area contributed by atoms with Crippen molar-refractivity contribution in [3.05, 3.63) is 12.2 Å². The summed E-state index contributed by atoms with van der Waals surface area (Å²) in [5.74, 6) is 6.68. The molecule has 9 fully saturated rings. The minimum absolute atomic E-state index is 0.0123. The molecule has 0 saturated heterocycles. The third-order valence-corrected chi connectivity index (χ3v) is 13.8. The van der Waals surface area contributed by atoms with Crippen molar-refractivity contribution in [3.8, 4) is 0 Å². The fourth-order valence-corrected chi connectivity index (χ4v) is 12.8. The maximum Gasteiger partial charge on any atom is 0.316 e. The number of rotatable bonds is 6. The summed E-state index contributed by atoms with van der Waals surface area (Å²) in [7, 11) is 0. The summed E-state index contributed by atoms with van der Waals surface area (Å²) in [6, 6.07) is 0. The Balaban J connectivity index is 0.974. The average molecular weight is 521 g/mol. The van der Waals surface area contributed by atoms with Gasteiger partial charge in [-0.3, -0.25) is 9.59 Å². The van der Waals surface area contributed by atoms with Crippen LogP contribution in [0.3, 0.4) is 0 Å². The van der Waals surface area contributed by atoms with Crippen LogP contribution < -0.4 is 0 Å². The minimum atomic E-state index is -0.450. The summed E-state index contributed by atoms with van der Waals surface area (Å²) in [4.78, 5) is 27.5. The van der Waals surface area contributed by atoms with Crippen molar-refractivity contribution in [2.45, 2.75) is 110 Å². The Kier molecular flexibility index (Phi) is 4.96. The van der Waals surface area contributed by atoms with E-state index in [1.54, 1.807) is 0 Å². The zero-order valence-electron chi connectivity index (χ0n) is 24.0. The topological polar surface area (TPSA) is 52.6 Å². The standard InChI is InChI=1S/C34H48O4/c1-6-34(22-8-18-7-19(10-22)26(34)9-18)38-30(35)24-12-20-11-23(24)29-25-13-21(28(20)29)14-27(25)37-31(36)33(15-17(33)2)16-32(3,4)5/h18-29H,2,6-16H2,1,3-5H3. The van der Waals surface area contributed by atoms with Crippen molar-refractivity contribution in [2.75, 3.05) is 0 Å². The highest BCUT2D eigenvalue weighted by molar-refractivity contribution is 5.86. The van der Waals surface area contributed by atoms with Crippen LogP contribution in [0.5, 0.6) is 0 Å². The van der Waals surface area contributed by atoms with Gasteiger partial charge in [-0.05, 0) is 129 Å². The Labute approximate surface area is 229 Å². The maximum atomic E-state index is 14.0. The van der Waals surface area contributed by atoms with E-state index in [1.807, 2.05) is 0 Å². The molecule has 0 amide bonds. The van der Waals surface area contributed by atoms with Crippen molar-refractivity contribution in [3.63, 3.8) is 0 Å². The van der Waals surface area contributed by atoms with E-state index in [0.717, 1.165) is 55.4 Å². The summed E-state index contributed by atoms with van der Waals surface area (Å²) in [6.45, 7) is 13.1. The number of carbonyl (C=O) groups is 2. The summed E-state index contributed by atoms with van der Waals surface area (Å²) in [5.41, 5.74) is 0.510. The first kappa shape index (κ1) is 24.5. The summed E-state index contributed by atoms with van der Waals surface area (Å²) >= 11 is 0. The number of ether oxygens (including phenoxy) is 2. The lowest BCUT2D eigenvalue weighted by Crippen LogP contribution is -2.49. The molecule has 9 aliphatic rings. The van der Waals surface area contributed by atoms with Crippen LogP contribution in [0.1, 0.15) is 98.3 Å². The number of fused-ring (bicyclic) bond motifs is 9. The van der Waals surface area contributed by atoms with Crippen LogP contribution in [0.4, 0.5) is 0 Å². The first-order valence-corrected chi connectivity index (χ1v) is 16.1. The van der Waals surface area contributed by atoms with E-state index in [0.29, 0.717) is 41.4 Å². The molecule has 9 saturated carbocycles. The predicted molar refractivity (Wildman–Crippen MR) is 145 cm³/mol. The number of hydrogen-bond donors (Lipinski definition) is 0. The van der Waals surface area contributed by atoms with Crippen LogP contribution in [-0.2, 0) is 19.1 Å². The van der Waals surface area contributed by atoms with Crippen LogP contribution in [-0.4, -0.2) is 23.6 Å². The molecule has 0 heterocycles. The molecule has 9 rings (SSSR count). The second-order valence-electron chi connectivity index (χ2n) is 16.7. The predicted octanol–water partition coefficient (Wildman–Crippen LogP) is 6.97. The molecule has 9 aliphatic carbocycles. The highest BCUT2D eigenvalue weighted by atomic mass is 16.6. The molecule has 0 spiro atoms. The van der Waals surface area contributed by atoms with Crippen LogP contribution in [0.25, 0.3) is 0 Å². The molecule has 14 unspecified atom stereocenters. The zero-order valence-corrected chi connectivity index (χ0v) is 24.0. The van der Waals surface area contributed by atoms with Gasteiger partial charge in [-0.1, -0.05) is 39.8 Å². The first-order valence-electron chi connectivity index (χ1n) is 16.1. The molecule has 4 nitrogen and oxygen atoms in total. The highest BCUT2D eigenvalue weighted by Crippen LogP contribution is 2.71. The normalized spacial score (nSPS) is 54.6. The average Bonchev–Trinajstić information content (AvgIpc) is 3.48. The van der Waals surface area contributed by atoms with Crippen molar-refractivity contribution in [2.24, 2.45) is 75.9 Å². The number of esters is 2. The van der Waals surface area contributed by atoms with Gasteiger partial charge in [-0.2, -0.15) is 0 Å². The largest absolute Gasteiger partial charge is 0.461 e. The lowest BCUT2D eigenvalue weighted by molar-refractivity contribution is -0.184. The van der Waals surface area contributed by atoms with Gasteiger partial charge in [0.1, 0.15) is 11.7 Å². The Morgan fingerprint density at radius 2 is 1.66 bits per heavy atom. The molecule has 8 bridgehead atoms. The van der Waals surface area contributed by atoms with E-state index in [2.05, 4.69) is 34.3 Å². The molecule has 0 aromatic carbocycles. The highest BCUT2D eigenvalue weighted by Gasteiger charge is 2.69. The monoisotopic (exact) mass is 520 g/mol. The lowest BCUT2D eigenvalue weighted by Gasteiger charge is -2.45. The molecule has 0 N–H and O–H groups in total. The van der Waals surface area contributed by atoms with Gasteiger partial charge in [0, 0.05) is 5.92 Å². The van der Waals surface area contributed by atoms with Crippen LogP contribution in [0.15, 0.2) is 12.2 Å². The molecule has 38 heavy (non-hydrogen) atoms. The number of carbonyl (C=O) groups excluding carboxylic acids is 2. The lowest BCUT2D eigenvalue weighted by atomic mass is 9.66. The Morgan fingerprint density at radius 3 is 2.34 bits per heavy atom. The van der Waals surface area contributed by atoms with E-state index >= 15 is 0 Å². The molecule has 0 radical (unpaired) electrons. The molecule has 4 heteroatoms. The van der Waals surface area contributed by atoms with Crippen molar-refractivity contribution in [1.82, 2.24) is 0 Å². The van der Waals surface area contributed by atoms with Gasteiger partial charge in [0.05, 0.1) is 11.3 Å². The fourth-order valence-electron chi connectivity index (χ4n) is 12.8. The van der Waals surface area contributed by atoms with Crippen molar-refractivity contribution < 1.29 is 19.1 Å². The maximum absolute atomic E-state index is 14.0. The summed E-state index contributed by atoms with van der Waals surface area (Å²) in [5, 5.41) is 0. The smallest absolute Gasteiger partial charge is 0.316 e. The second kappa shape index (κ2) is 7.69. The van der Waals surface area contributed by atoms with E-state index in [1.165, 1.54) is 38.5 Å². The van der Waals surface area contributed by atoms with Crippen molar-refractivity contribution in [1.29, 1.82) is 0 Å². The van der Waals surface area contributed by atoms with E-state index in [-0.39, 0.29) is 35.0 Å². The van der Waals surface area contributed by atoms with Gasteiger partial charge in [0.25, 0.3) is 0 Å². The van der Waals surface area contributed by atoms with Gasteiger partial charge >= 0.3 is 11.9 Å². The van der Waals surface area contributed by atoms with E-state index in [9.17, 15) is 9.59 Å². The molecule has 14 atom stereocenters. The van der Waals surface area contributed by atoms with Gasteiger partial charge < -0.3 is 9.47 Å². The quantitative estimate of drug-likeness (QED) is 0.216. The molecule has 208 valence electrons. The number of hydrogen-bond acceptors (Lipinski definition) is 4. The third kappa shape index (κ3) is 3.15. The summed E-state index contributed by atoms with van der Waals surface area (Å²) < 4.78 is 13.1. The van der Waals surface area contributed by atoms with Gasteiger partial charge in [0.15, 0.2) is 0 Å². The molecular weight excluding hydrogens is 472 g/mol. The molecule has 0 aliphatic heterocycles. The molecule has 0 aromatic heterocycles. The van der Waals surface area contributed by atoms with Gasteiger partial charge in [-0.25, -0.2) is 0 Å². The van der Waals surface area contributed by atoms with E-state index < -0.39 is 5.41 Å². The second-order valence-corrected chi connectivity index (χ2v) is 16.7. The van der Waals surface area contributed by atoms with Crippen LogP contribution in [0, 0.1) is 75.9 Å².